The van der Waals surface area contributed by atoms with Crippen molar-refractivity contribution < 1.29 is 4.42 Å². The lowest BCUT2D eigenvalue weighted by Gasteiger charge is -1.99. The van der Waals surface area contributed by atoms with Gasteiger partial charge in [-0.1, -0.05) is 36.0 Å². The van der Waals surface area contributed by atoms with Gasteiger partial charge in [0, 0.05) is 16.1 Å². The Balaban J connectivity index is 2.13. The third-order valence-electron chi connectivity index (χ3n) is 2.74. The van der Waals surface area contributed by atoms with Gasteiger partial charge in [-0.2, -0.15) is 0 Å². The van der Waals surface area contributed by atoms with Crippen LogP contribution >= 0.6 is 23.8 Å². The molecule has 94 valence electrons. The van der Waals surface area contributed by atoms with Crippen LogP contribution in [0.15, 0.2) is 46.9 Å². The second-order valence-corrected chi connectivity index (χ2v) is 4.95. The molecule has 1 aromatic heterocycles. The zero-order valence-electron chi connectivity index (χ0n) is 9.76. The average molecular weight is 289 g/mol. The van der Waals surface area contributed by atoms with Gasteiger partial charge in [-0.3, -0.25) is 0 Å². The highest BCUT2D eigenvalue weighted by molar-refractivity contribution is 7.80. The Bertz CT molecular complexity index is 782. The first-order valence-corrected chi connectivity index (χ1v) is 6.38. The number of thiocarbonyl (C=S) groups is 1. The molecule has 0 radical (unpaired) electrons. The molecule has 0 saturated carbocycles. The summed E-state index contributed by atoms with van der Waals surface area (Å²) in [7, 11) is 0. The number of hydrogen-bond acceptors (Lipinski definition) is 3. The van der Waals surface area contributed by atoms with E-state index in [4.69, 9.17) is 34.0 Å². The van der Waals surface area contributed by atoms with E-state index in [0.717, 1.165) is 16.6 Å². The summed E-state index contributed by atoms with van der Waals surface area (Å²) in [6.07, 6.45) is 0. The van der Waals surface area contributed by atoms with Crippen molar-refractivity contribution in [3.05, 3.63) is 53.1 Å². The number of nitrogens with two attached hydrogens (primary N) is 1. The summed E-state index contributed by atoms with van der Waals surface area (Å²) in [5, 5.41) is 0.629. The van der Waals surface area contributed by atoms with Gasteiger partial charge in [0.05, 0.1) is 0 Å². The molecular formula is C14H9ClN2OS. The van der Waals surface area contributed by atoms with E-state index in [1.807, 2.05) is 24.3 Å². The molecule has 0 aliphatic carbocycles. The Morgan fingerprint density at radius 2 is 2.05 bits per heavy atom. The predicted octanol–water partition coefficient (Wildman–Crippen LogP) is 3.78. The molecule has 0 saturated heterocycles. The van der Waals surface area contributed by atoms with Gasteiger partial charge in [0.25, 0.3) is 0 Å². The first kappa shape index (κ1) is 12.1. The molecule has 0 atom stereocenters. The smallest absolute Gasteiger partial charge is 0.227 e. The summed E-state index contributed by atoms with van der Waals surface area (Å²) >= 11 is 10.9. The van der Waals surface area contributed by atoms with Crippen LogP contribution in [0.25, 0.3) is 22.6 Å². The number of halogens is 1. The molecule has 2 aromatic carbocycles. The van der Waals surface area contributed by atoms with Gasteiger partial charge in [-0.05, 0) is 30.3 Å². The Hall–Kier alpha value is -1.91. The molecule has 3 nitrogen and oxygen atoms in total. The van der Waals surface area contributed by atoms with Gasteiger partial charge in [-0.15, -0.1) is 0 Å². The Labute approximate surface area is 120 Å². The van der Waals surface area contributed by atoms with Crippen molar-refractivity contribution in [1.82, 2.24) is 4.98 Å². The van der Waals surface area contributed by atoms with Crippen molar-refractivity contribution in [3.63, 3.8) is 0 Å². The summed E-state index contributed by atoms with van der Waals surface area (Å²) in [6, 6.07) is 12.8. The SMILES string of the molecule is NC(=S)c1cccc(-c2nc3cc(Cl)ccc3o2)c1. The number of aromatic nitrogens is 1. The largest absolute Gasteiger partial charge is 0.436 e. The molecule has 19 heavy (non-hydrogen) atoms. The molecule has 0 amide bonds. The maximum absolute atomic E-state index is 5.93. The van der Waals surface area contributed by atoms with Crippen LogP contribution in [0.2, 0.25) is 5.02 Å². The van der Waals surface area contributed by atoms with Crippen molar-refractivity contribution in [2.75, 3.05) is 0 Å². The summed E-state index contributed by atoms with van der Waals surface area (Å²) in [5.41, 5.74) is 8.65. The summed E-state index contributed by atoms with van der Waals surface area (Å²) in [4.78, 5) is 4.76. The Kier molecular flexibility index (Phi) is 2.97. The number of fused-ring (bicyclic) bond motifs is 1. The Morgan fingerprint density at radius 1 is 1.21 bits per heavy atom. The quantitative estimate of drug-likeness (QED) is 0.729. The topological polar surface area (TPSA) is 52.0 Å². The molecule has 3 rings (SSSR count). The number of benzene rings is 2. The monoisotopic (exact) mass is 288 g/mol. The lowest BCUT2D eigenvalue weighted by Crippen LogP contribution is -2.08. The van der Waals surface area contributed by atoms with Gasteiger partial charge in [-0.25, -0.2) is 4.98 Å². The predicted molar refractivity (Wildman–Crippen MR) is 80.3 cm³/mol. The first-order chi connectivity index (χ1) is 9.13. The van der Waals surface area contributed by atoms with Crippen LogP contribution in [0, 0.1) is 0 Å². The van der Waals surface area contributed by atoms with Gasteiger partial charge in [0.15, 0.2) is 5.58 Å². The van der Waals surface area contributed by atoms with Crippen LogP contribution in [0.1, 0.15) is 5.56 Å². The zero-order chi connectivity index (χ0) is 13.4. The highest BCUT2D eigenvalue weighted by atomic mass is 35.5. The van der Waals surface area contributed by atoms with Crippen LogP contribution < -0.4 is 5.73 Å². The number of rotatable bonds is 2. The first-order valence-electron chi connectivity index (χ1n) is 5.60. The number of hydrogen-bond donors (Lipinski definition) is 1. The van der Waals surface area contributed by atoms with E-state index in [-0.39, 0.29) is 0 Å². The van der Waals surface area contributed by atoms with E-state index in [1.54, 1.807) is 18.2 Å². The third kappa shape index (κ3) is 2.32. The average Bonchev–Trinajstić information content (AvgIpc) is 2.81. The van der Waals surface area contributed by atoms with Crippen molar-refractivity contribution in [2.45, 2.75) is 0 Å². The molecule has 3 aromatic rings. The number of oxazole rings is 1. The minimum atomic E-state index is 0.348. The maximum Gasteiger partial charge on any atom is 0.227 e. The van der Waals surface area contributed by atoms with Gasteiger partial charge in [0.2, 0.25) is 5.89 Å². The van der Waals surface area contributed by atoms with Gasteiger partial charge in [0.1, 0.15) is 10.5 Å². The molecule has 1 heterocycles. The number of nitrogens with zero attached hydrogens (tertiary/aromatic N) is 1. The zero-order valence-corrected chi connectivity index (χ0v) is 11.3. The second kappa shape index (κ2) is 4.64. The van der Waals surface area contributed by atoms with Crippen molar-refractivity contribution in [2.24, 2.45) is 5.73 Å². The van der Waals surface area contributed by atoms with Crippen molar-refractivity contribution in [1.29, 1.82) is 0 Å². The highest BCUT2D eigenvalue weighted by Gasteiger charge is 2.09. The van der Waals surface area contributed by atoms with E-state index in [2.05, 4.69) is 4.98 Å². The van der Waals surface area contributed by atoms with E-state index in [0.29, 0.717) is 21.5 Å². The lowest BCUT2D eigenvalue weighted by molar-refractivity contribution is 0.620. The molecule has 0 unspecified atom stereocenters. The van der Waals surface area contributed by atoms with E-state index < -0.39 is 0 Å². The fourth-order valence-electron chi connectivity index (χ4n) is 1.83. The molecule has 2 N–H and O–H groups in total. The maximum atomic E-state index is 5.93. The third-order valence-corrected chi connectivity index (χ3v) is 3.21. The van der Waals surface area contributed by atoms with Gasteiger partial charge >= 0.3 is 0 Å². The van der Waals surface area contributed by atoms with E-state index in [9.17, 15) is 0 Å². The van der Waals surface area contributed by atoms with Crippen LogP contribution in [-0.4, -0.2) is 9.97 Å². The van der Waals surface area contributed by atoms with Crippen LogP contribution in [0.5, 0.6) is 0 Å². The fourth-order valence-corrected chi connectivity index (χ4v) is 2.12. The summed E-state index contributed by atoms with van der Waals surface area (Å²) in [5.74, 6) is 0.523. The van der Waals surface area contributed by atoms with E-state index >= 15 is 0 Å². The van der Waals surface area contributed by atoms with Gasteiger partial charge < -0.3 is 10.2 Å². The fraction of sp³-hybridized carbons (Fsp3) is 0. The highest BCUT2D eigenvalue weighted by Crippen LogP contribution is 2.26. The molecule has 0 aliphatic rings. The summed E-state index contributed by atoms with van der Waals surface area (Å²) < 4.78 is 5.69. The van der Waals surface area contributed by atoms with Crippen molar-refractivity contribution in [3.8, 4) is 11.5 Å². The van der Waals surface area contributed by atoms with Crippen LogP contribution in [0.4, 0.5) is 0 Å². The molecule has 5 heteroatoms. The molecule has 0 fully saturated rings. The standard InChI is InChI=1S/C14H9ClN2OS/c15-10-4-5-12-11(7-10)17-14(18-12)9-3-1-2-8(6-9)13(16)19/h1-7H,(H2,16,19). The molecule has 0 bridgehead atoms. The van der Waals surface area contributed by atoms with Crippen LogP contribution in [0.3, 0.4) is 0 Å². The van der Waals surface area contributed by atoms with Crippen molar-refractivity contribution >= 4 is 39.9 Å². The molecule has 0 aliphatic heterocycles. The molecular weight excluding hydrogens is 280 g/mol. The molecule has 0 spiro atoms. The second-order valence-electron chi connectivity index (χ2n) is 4.08. The summed E-state index contributed by atoms with van der Waals surface area (Å²) in [6.45, 7) is 0. The minimum absolute atomic E-state index is 0.348. The van der Waals surface area contributed by atoms with Crippen LogP contribution in [-0.2, 0) is 0 Å². The Morgan fingerprint density at radius 3 is 2.84 bits per heavy atom. The minimum Gasteiger partial charge on any atom is -0.436 e. The normalized spacial score (nSPS) is 10.8. The lowest BCUT2D eigenvalue weighted by atomic mass is 10.1. The van der Waals surface area contributed by atoms with E-state index in [1.165, 1.54) is 0 Å².